The number of ether oxygens (including phenoxy) is 4. The number of benzene rings is 4. The van der Waals surface area contributed by atoms with Crippen LogP contribution in [0, 0.1) is 0 Å². The number of carbonyl (C=O) groups excluding carboxylic acids is 3. The smallest absolute Gasteiger partial charge is 0.338 e. The molecule has 4 atom stereocenters. The van der Waals surface area contributed by atoms with Crippen molar-refractivity contribution in [3.8, 4) is 5.75 Å². The molecular weight excluding hydrogens is 698 g/mol. The van der Waals surface area contributed by atoms with E-state index in [1.54, 1.807) is 63.2 Å². The summed E-state index contributed by atoms with van der Waals surface area (Å²) in [5.41, 5.74) is 3.08. The molecule has 10 nitrogen and oxygen atoms in total. The molecule has 1 fully saturated rings. The van der Waals surface area contributed by atoms with E-state index >= 15 is 0 Å². The van der Waals surface area contributed by atoms with Gasteiger partial charge in [-0.15, -0.1) is 0 Å². The highest BCUT2D eigenvalue weighted by Crippen LogP contribution is 2.47. The number of aliphatic hydroxyl groups excluding tert-OH is 1. The van der Waals surface area contributed by atoms with E-state index in [-0.39, 0.29) is 25.0 Å². The third-order valence-electron chi connectivity index (χ3n) is 9.40. The number of nitrogens with one attached hydrogen (secondary N) is 1. The number of hydrogen-bond donors (Lipinski definition) is 3. The summed E-state index contributed by atoms with van der Waals surface area (Å²) in [6.07, 6.45) is 3.77. The number of fused-ring (bicyclic) bond motifs is 1. The molecule has 0 unspecified atom stereocenters. The van der Waals surface area contributed by atoms with Gasteiger partial charge in [0.25, 0.3) is 0 Å². The van der Waals surface area contributed by atoms with Crippen molar-refractivity contribution in [2.45, 2.75) is 82.2 Å². The number of phenols is 1. The van der Waals surface area contributed by atoms with Crippen molar-refractivity contribution in [3.05, 3.63) is 155 Å². The molecule has 4 aromatic carbocycles. The van der Waals surface area contributed by atoms with Crippen LogP contribution in [-0.2, 0) is 40.7 Å². The Labute approximate surface area is 321 Å². The molecule has 0 bridgehead atoms. The van der Waals surface area contributed by atoms with E-state index in [9.17, 15) is 24.6 Å². The fraction of sp³-hybridized carbons (Fsp3) is 0.311. The Balaban J connectivity index is 1.23. The topological polar surface area (TPSA) is 141 Å². The molecule has 0 spiro atoms. The largest absolute Gasteiger partial charge is 0.508 e. The Morgan fingerprint density at radius 3 is 2.15 bits per heavy atom. The van der Waals surface area contributed by atoms with Gasteiger partial charge in [-0.1, -0.05) is 103 Å². The van der Waals surface area contributed by atoms with Crippen LogP contribution < -0.4 is 5.32 Å². The maximum Gasteiger partial charge on any atom is 0.338 e. The minimum atomic E-state index is -1.36. The van der Waals surface area contributed by atoms with Crippen LogP contribution in [0.2, 0.25) is 0 Å². The molecule has 4 aromatic rings. The lowest BCUT2D eigenvalue weighted by Gasteiger charge is -2.31. The molecule has 1 saturated heterocycles. The van der Waals surface area contributed by atoms with Crippen LogP contribution in [0.5, 0.6) is 5.75 Å². The monoisotopic (exact) mass is 745 g/mol. The zero-order valence-electron chi connectivity index (χ0n) is 31.2. The van der Waals surface area contributed by atoms with Gasteiger partial charge in [-0.25, -0.2) is 4.79 Å². The summed E-state index contributed by atoms with van der Waals surface area (Å²) >= 11 is 0. The van der Waals surface area contributed by atoms with Crippen molar-refractivity contribution >= 4 is 23.9 Å². The van der Waals surface area contributed by atoms with E-state index in [0.29, 0.717) is 17.6 Å². The van der Waals surface area contributed by atoms with Crippen LogP contribution in [0.25, 0.3) is 6.08 Å². The van der Waals surface area contributed by atoms with Gasteiger partial charge in [0.1, 0.15) is 29.7 Å². The van der Waals surface area contributed by atoms with Gasteiger partial charge in [0, 0.05) is 29.5 Å². The SMILES string of the molecule is CC(C)(C)OC(=O)CC[C@@H](CO)NC(=O)C1=C[C@H]2OC(c3ccccc3)(c3ccccc3)O[C@H]2[C@H](OC(=O)c2ccc(C=CCc3ccccc3O)cc2)C1. The molecule has 0 aromatic heterocycles. The average molecular weight is 746 g/mol. The summed E-state index contributed by atoms with van der Waals surface area (Å²) < 4.78 is 25.1. The molecule has 10 heteroatoms. The molecule has 1 aliphatic heterocycles. The Bertz CT molecular complexity index is 1960. The fourth-order valence-corrected chi connectivity index (χ4v) is 6.70. The van der Waals surface area contributed by atoms with E-state index in [0.717, 1.165) is 22.3 Å². The fourth-order valence-electron chi connectivity index (χ4n) is 6.70. The van der Waals surface area contributed by atoms with Crippen LogP contribution in [0.4, 0.5) is 0 Å². The highest BCUT2D eigenvalue weighted by molar-refractivity contribution is 5.94. The molecule has 286 valence electrons. The lowest BCUT2D eigenvalue weighted by Crippen LogP contribution is -2.45. The number of hydrogen-bond acceptors (Lipinski definition) is 9. The third kappa shape index (κ3) is 9.77. The summed E-state index contributed by atoms with van der Waals surface area (Å²) in [4.78, 5) is 39.9. The van der Waals surface area contributed by atoms with Crippen molar-refractivity contribution in [2.75, 3.05) is 6.61 Å². The van der Waals surface area contributed by atoms with E-state index in [1.165, 1.54) is 0 Å². The van der Waals surface area contributed by atoms with Gasteiger partial charge in [-0.3, -0.25) is 9.59 Å². The van der Waals surface area contributed by atoms with Gasteiger partial charge in [-0.05, 0) is 69.0 Å². The number of phenolic OH excluding ortho intramolecular Hbond substituents is 1. The van der Waals surface area contributed by atoms with Crippen LogP contribution in [-0.4, -0.2) is 64.6 Å². The number of allylic oxidation sites excluding steroid dienone is 1. The maximum atomic E-state index is 13.8. The first-order chi connectivity index (χ1) is 26.4. The van der Waals surface area contributed by atoms with Crippen molar-refractivity contribution in [1.82, 2.24) is 5.32 Å². The maximum absolute atomic E-state index is 13.8. The Kier molecular flexibility index (Phi) is 12.3. The van der Waals surface area contributed by atoms with Crippen molar-refractivity contribution in [1.29, 1.82) is 0 Å². The first kappa shape index (κ1) is 39.2. The van der Waals surface area contributed by atoms with Gasteiger partial charge in [-0.2, -0.15) is 0 Å². The van der Waals surface area contributed by atoms with Crippen LogP contribution in [0.1, 0.15) is 72.6 Å². The predicted octanol–water partition coefficient (Wildman–Crippen LogP) is 6.79. The summed E-state index contributed by atoms with van der Waals surface area (Å²) in [7, 11) is 0. The van der Waals surface area contributed by atoms with Gasteiger partial charge < -0.3 is 34.5 Å². The quantitative estimate of drug-likeness (QED) is 0.126. The second kappa shape index (κ2) is 17.3. The average Bonchev–Trinajstić information content (AvgIpc) is 3.59. The molecule has 1 aliphatic carbocycles. The molecular formula is C45H47NO9. The number of amides is 1. The lowest BCUT2D eigenvalue weighted by atomic mass is 9.91. The number of aromatic hydroxyl groups is 1. The first-order valence-corrected chi connectivity index (χ1v) is 18.5. The van der Waals surface area contributed by atoms with Gasteiger partial charge in [0.15, 0.2) is 0 Å². The predicted molar refractivity (Wildman–Crippen MR) is 207 cm³/mol. The molecule has 0 saturated carbocycles. The summed E-state index contributed by atoms with van der Waals surface area (Å²) in [6.45, 7) is 4.93. The zero-order valence-corrected chi connectivity index (χ0v) is 31.2. The highest BCUT2D eigenvalue weighted by Gasteiger charge is 2.55. The number of rotatable bonds is 13. The number of esters is 2. The molecule has 2 aliphatic rings. The minimum Gasteiger partial charge on any atom is -0.508 e. The number of aliphatic hydroxyl groups is 1. The standard InChI is InChI=1S/C45H47NO9/c1-44(2,3)54-40(49)26-25-36(29-47)46-42(50)33-27-38(52-43(51)32-23-21-30(22-24-32)13-12-15-31-14-10-11-20-37(31)48)41-39(28-33)53-45(55-41,34-16-6-4-7-17-34)35-18-8-5-9-19-35/h4-14,16-24,28,36,38-39,41,47-48H,15,25-27,29H2,1-3H3,(H,46,50)/t36-,38+,39+,41-/m0/s1. The summed E-state index contributed by atoms with van der Waals surface area (Å²) in [5.74, 6) is -2.64. The van der Waals surface area contributed by atoms with Gasteiger partial charge >= 0.3 is 11.9 Å². The van der Waals surface area contributed by atoms with Crippen molar-refractivity contribution in [3.63, 3.8) is 0 Å². The second-order valence-electron chi connectivity index (χ2n) is 14.7. The normalized spacial score (nSPS) is 19.6. The number of para-hydroxylation sites is 1. The molecule has 3 N–H and O–H groups in total. The molecule has 1 heterocycles. The zero-order chi connectivity index (χ0) is 39.0. The Morgan fingerprint density at radius 1 is 0.891 bits per heavy atom. The van der Waals surface area contributed by atoms with Crippen LogP contribution in [0.3, 0.4) is 0 Å². The summed E-state index contributed by atoms with van der Waals surface area (Å²) in [6, 6.07) is 32.3. The lowest BCUT2D eigenvalue weighted by molar-refractivity contribution is -0.157. The molecule has 55 heavy (non-hydrogen) atoms. The van der Waals surface area contributed by atoms with Gasteiger partial charge in [0.05, 0.1) is 18.2 Å². The van der Waals surface area contributed by atoms with E-state index in [2.05, 4.69) is 5.32 Å². The van der Waals surface area contributed by atoms with E-state index in [4.69, 9.17) is 18.9 Å². The Morgan fingerprint density at radius 2 is 1.53 bits per heavy atom. The first-order valence-electron chi connectivity index (χ1n) is 18.5. The molecule has 6 rings (SSSR count). The minimum absolute atomic E-state index is 0.00554. The van der Waals surface area contributed by atoms with Crippen LogP contribution in [0.15, 0.2) is 127 Å². The van der Waals surface area contributed by atoms with E-state index in [1.807, 2.05) is 84.9 Å². The Hall–Kier alpha value is -5.55. The van der Waals surface area contributed by atoms with Crippen molar-refractivity contribution in [2.24, 2.45) is 0 Å². The second-order valence-corrected chi connectivity index (χ2v) is 14.7. The third-order valence-corrected chi connectivity index (χ3v) is 9.40. The summed E-state index contributed by atoms with van der Waals surface area (Å²) in [5, 5.41) is 23.0. The highest BCUT2D eigenvalue weighted by atomic mass is 16.8. The molecule has 0 radical (unpaired) electrons. The molecule has 1 amide bonds. The number of carbonyl (C=O) groups is 3. The van der Waals surface area contributed by atoms with E-state index < -0.39 is 60.2 Å². The van der Waals surface area contributed by atoms with Gasteiger partial charge in [0.2, 0.25) is 11.7 Å². The van der Waals surface area contributed by atoms with Crippen LogP contribution >= 0.6 is 0 Å². The van der Waals surface area contributed by atoms with Crippen molar-refractivity contribution < 1.29 is 43.5 Å².